The Morgan fingerprint density at radius 1 is 1.00 bits per heavy atom. The number of nitrogens with one attached hydrogen (secondary N) is 1. The molecule has 0 rings (SSSR count). The molecule has 0 aliphatic heterocycles. The van der Waals surface area contributed by atoms with Crippen molar-refractivity contribution in [1.29, 1.82) is 0 Å². The normalized spacial score (nSPS) is 14.3. The smallest absolute Gasteiger partial charge is 0.0736 e. The highest BCUT2D eigenvalue weighted by atomic mass is 15.1. The highest BCUT2D eigenvalue weighted by Gasteiger charge is 2.06. The number of azo groups is 1. The lowest BCUT2D eigenvalue weighted by Gasteiger charge is -2.17. The number of hydrogen-bond acceptors (Lipinski definition) is 3. The third-order valence-corrected chi connectivity index (χ3v) is 1.02. The van der Waals surface area contributed by atoms with Crippen LogP contribution in [-0.2, 0) is 0 Å². The lowest BCUT2D eigenvalue weighted by molar-refractivity contribution is 0.490. The van der Waals surface area contributed by atoms with E-state index in [2.05, 4.69) is 36.3 Å². The average Bonchev–Trinajstić information content (AvgIpc) is 1.81. The van der Waals surface area contributed by atoms with Gasteiger partial charge in [-0.05, 0) is 41.5 Å². The fourth-order valence-corrected chi connectivity index (χ4v) is 0.527. The molecule has 0 aliphatic carbocycles. The Kier molecular flexibility index (Phi) is 4.11. The van der Waals surface area contributed by atoms with Gasteiger partial charge >= 0.3 is 0 Å². The van der Waals surface area contributed by atoms with Crippen molar-refractivity contribution in [3.63, 3.8) is 0 Å². The highest BCUT2D eigenvalue weighted by Crippen LogP contribution is 2.06. The van der Waals surface area contributed by atoms with E-state index in [1.165, 1.54) is 0 Å². The summed E-state index contributed by atoms with van der Waals surface area (Å²) in [5.41, 5.74) is -0.000174. The number of rotatable bonds is 2. The Labute approximate surface area is 81.3 Å². The van der Waals surface area contributed by atoms with E-state index in [4.69, 9.17) is 0 Å². The molecule has 0 radical (unpaired) electrons. The Balaban J connectivity index is 3.84. The molecular weight excluding hydrogens is 162 g/mol. The molecule has 0 saturated heterocycles. The molecule has 0 saturated carbocycles. The zero-order valence-corrected chi connectivity index (χ0v) is 9.55. The summed E-state index contributed by atoms with van der Waals surface area (Å²) in [7, 11) is 0. The molecule has 0 spiro atoms. The molecule has 0 aromatic carbocycles. The predicted molar refractivity (Wildman–Crippen MR) is 56.6 cm³/mol. The molecule has 76 valence electrons. The van der Waals surface area contributed by atoms with Gasteiger partial charge in [0.1, 0.15) is 0 Å². The zero-order valence-electron chi connectivity index (χ0n) is 9.55. The van der Waals surface area contributed by atoms with Crippen LogP contribution in [0.1, 0.15) is 41.5 Å². The summed E-state index contributed by atoms with van der Waals surface area (Å²) in [4.78, 5) is 0. The molecule has 0 atom stereocenters. The van der Waals surface area contributed by atoms with Gasteiger partial charge in [-0.25, -0.2) is 0 Å². The van der Waals surface area contributed by atoms with Gasteiger partial charge in [0.15, 0.2) is 0 Å². The van der Waals surface area contributed by atoms with Crippen LogP contribution in [-0.4, -0.2) is 11.1 Å². The van der Waals surface area contributed by atoms with Crippen LogP contribution in [0.2, 0.25) is 0 Å². The average molecular weight is 183 g/mol. The van der Waals surface area contributed by atoms with E-state index in [1.807, 2.05) is 27.0 Å². The molecule has 0 aromatic rings. The fourth-order valence-electron chi connectivity index (χ4n) is 0.527. The highest BCUT2D eigenvalue weighted by molar-refractivity contribution is 4.84. The predicted octanol–water partition coefficient (Wildman–Crippen LogP) is 3.10. The van der Waals surface area contributed by atoms with Crippen LogP contribution in [0.3, 0.4) is 0 Å². The minimum absolute atomic E-state index is 0.0910. The van der Waals surface area contributed by atoms with Gasteiger partial charge in [0, 0.05) is 11.7 Å². The molecule has 3 nitrogen and oxygen atoms in total. The third-order valence-electron chi connectivity index (χ3n) is 1.02. The summed E-state index contributed by atoms with van der Waals surface area (Å²) < 4.78 is 0. The van der Waals surface area contributed by atoms with E-state index in [0.29, 0.717) is 0 Å². The molecule has 0 bridgehead atoms. The van der Waals surface area contributed by atoms with Crippen molar-refractivity contribution in [2.75, 3.05) is 0 Å². The van der Waals surface area contributed by atoms with E-state index >= 15 is 0 Å². The van der Waals surface area contributed by atoms with E-state index in [1.54, 1.807) is 6.20 Å². The second-order valence-corrected chi connectivity index (χ2v) is 5.10. The van der Waals surface area contributed by atoms with Gasteiger partial charge in [-0.3, -0.25) is 0 Å². The fraction of sp³-hybridized carbons (Fsp3) is 0.800. The first-order valence-electron chi connectivity index (χ1n) is 4.55. The van der Waals surface area contributed by atoms with E-state index < -0.39 is 0 Å². The second kappa shape index (κ2) is 4.40. The van der Waals surface area contributed by atoms with Gasteiger partial charge < -0.3 is 5.32 Å². The number of nitrogens with zero attached hydrogens (tertiary/aromatic N) is 2. The first-order chi connectivity index (χ1) is 5.71. The van der Waals surface area contributed by atoms with Gasteiger partial charge in [0.05, 0.1) is 11.7 Å². The zero-order chi connectivity index (χ0) is 10.5. The molecule has 0 aliphatic rings. The van der Waals surface area contributed by atoms with Crippen LogP contribution < -0.4 is 5.32 Å². The van der Waals surface area contributed by atoms with Crippen molar-refractivity contribution in [2.24, 2.45) is 10.2 Å². The lowest BCUT2D eigenvalue weighted by atomic mass is 10.1. The Bertz CT molecular complexity index is 191. The third kappa shape index (κ3) is 11.1. The van der Waals surface area contributed by atoms with Crippen LogP contribution in [0.5, 0.6) is 0 Å². The molecular formula is C10H21N3. The van der Waals surface area contributed by atoms with Crippen molar-refractivity contribution >= 4 is 0 Å². The van der Waals surface area contributed by atoms with Crippen molar-refractivity contribution in [1.82, 2.24) is 5.32 Å². The van der Waals surface area contributed by atoms with Crippen LogP contribution in [0.15, 0.2) is 22.6 Å². The largest absolute Gasteiger partial charge is 0.385 e. The van der Waals surface area contributed by atoms with Crippen molar-refractivity contribution < 1.29 is 0 Å². The van der Waals surface area contributed by atoms with Crippen LogP contribution in [0.4, 0.5) is 0 Å². The molecule has 1 N–H and O–H groups in total. The summed E-state index contributed by atoms with van der Waals surface area (Å²) in [6.07, 6.45) is 3.49. The monoisotopic (exact) mass is 183 g/mol. The van der Waals surface area contributed by atoms with Gasteiger partial charge in [-0.1, -0.05) is 0 Å². The molecule has 3 heteroatoms. The quantitative estimate of drug-likeness (QED) is 0.656. The summed E-state index contributed by atoms with van der Waals surface area (Å²) >= 11 is 0. The minimum Gasteiger partial charge on any atom is -0.385 e. The Morgan fingerprint density at radius 3 is 1.92 bits per heavy atom. The molecule has 0 amide bonds. The minimum atomic E-state index is -0.0912. The molecule has 0 aromatic heterocycles. The van der Waals surface area contributed by atoms with Crippen molar-refractivity contribution in [3.8, 4) is 0 Å². The number of hydrogen-bond donors (Lipinski definition) is 1. The molecule has 0 heterocycles. The van der Waals surface area contributed by atoms with E-state index in [9.17, 15) is 0 Å². The maximum Gasteiger partial charge on any atom is 0.0736 e. The second-order valence-electron chi connectivity index (χ2n) is 5.10. The topological polar surface area (TPSA) is 36.8 Å². The SMILES string of the molecule is CC(C)(C)/N=N/C=C/NC(C)(C)C. The van der Waals surface area contributed by atoms with Crippen LogP contribution >= 0.6 is 0 Å². The first kappa shape index (κ1) is 12.1. The molecule has 13 heavy (non-hydrogen) atoms. The van der Waals surface area contributed by atoms with Gasteiger partial charge in [0.2, 0.25) is 0 Å². The maximum absolute atomic E-state index is 4.07. The molecule has 0 fully saturated rings. The van der Waals surface area contributed by atoms with Gasteiger partial charge in [0.25, 0.3) is 0 Å². The molecule has 0 unspecified atom stereocenters. The van der Waals surface area contributed by atoms with Crippen molar-refractivity contribution in [3.05, 3.63) is 12.4 Å². The van der Waals surface area contributed by atoms with Crippen molar-refractivity contribution in [2.45, 2.75) is 52.6 Å². The summed E-state index contributed by atoms with van der Waals surface area (Å²) in [6, 6.07) is 0. The van der Waals surface area contributed by atoms with E-state index in [0.717, 1.165) is 0 Å². The first-order valence-corrected chi connectivity index (χ1v) is 4.55. The lowest BCUT2D eigenvalue weighted by Crippen LogP contribution is -2.30. The van der Waals surface area contributed by atoms with E-state index in [-0.39, 0.29) is 11.1 Å². The summed E-state index contributed by atoms with van der Waals surface area (Å²) in [5.74, 6) is 0. The Morgan fingerprint density at radius 2 is 1.54 bits per heavy atom. The van der Waals surface area contributed by atoms with Gasteiger partial charge in [-0.15, -0.1) is 0 Å². The summed E-state index contributed by atoms with van der Waals surface area (Å²) in [5, 5.41) is 11.2. The maximum atomic E-state index is 4.07. The van der Waals surface area contributed by atoms with Crippen LogP contribution in [0.25, 0.3) is 0 Å². The standard InChI is InChI=1S/C10H21N3/c1-9(2,3)11-7-8-12-13-10(4,5)6/h7-8,11H,1-6H3/b8-7+,13-12+. The van der Waals surface area contributed by atoms with Gasteiger partial charge in [-0.2, -0.15) is 10.2 Å². The summed E-state index contributed by atoms with van der Waals surface area (Å²) in [6.45, 7) is 12.3. The Hall–Kier alpha value is -0.860. The van der Waals surface area contributed by atoms with Crippen LogP contribution in [0, 0.1) is 0 Å².